The molecule has 0 saturated carbocycles. The molecule has 0 aromatic carbocycles. The number of nitrogens with one attached hydrogen (secondary N) is 1. The summed E-state index contributed by atoms with van der Waals surface area (Å²) in [6, 6.07) is 6.53. The van der Waals surface area contributed by atoms with Crippen LogP contribution in [-0.4, -0.2) is 54.3 Å². The number of hydrogen-bond acceptors (Lipinski definition) is 5. The number of nitrogens with zero attached hydrogens (tertiary/aromatic N) is 2. The fourth-order valence-electron chi connectivity index (χ4n) is 3.40. The summed E-state index contributed by atoms with van der Waals surface area (Å²) in [5.74, 6) is -0.0877. The third-order valence-electron chi connectivity index (χ3n) is 4.66. The van der Waals surface area contributed by atoms with E-state index in [-0.39, 0.29) is 24.4 Å². The van der Waals surface area contributed by atoms with Crippen molar-refractivity contribution >= 4 is 34.5 Å². The molecule has 0 saturated heterocycles. The minimum Gasteiger partial charge on any atom is -0.355 e. The molecule has 2 aromatic heterocycles. The molecule has 2 aromatic rings. The van der Waals surface area contributed by atoms with Gasteiger partial charge in [-0.1, -0.05) is 6.07 Å². The molecule has 1 N–H and O–H groups in total. The van der Waals surface area contributed by atoms with Crippen LogP contribution in [-0.2, 0) is 16.0 Å². The number of carbonyl (C=O) groups is 2. The van der Waals surface area contributed by atoms with Crippen LogP contribution >= 0.6 is 22.7 Å². The molecular weight excluding hydrogens is 366 g/mol. The van der Waals surface area contributed by atoms with E-state index < -0.39 is 0 Å². The number of likely N-dealkylation sites (N-methyl/N-ethyl adjacent to an activating group) is 2. The maximum Gasteiger partial charge on any atom is 0.239 e. The number of rotatable bonds is 7. The van der Waals surface area contributed by atoms with Crippen molar-refractivity contribution in [3.05, 3.63) is 44.3 Å². The number of amides is 2. The Kier molecular flexibility index (Phi) is 6.45. The number of thiophene rings is 2. The lowest BCUT2D eigenvalue weighted by molar-refractivity contribution is -0.137. The molecule has 2 amide bonds. The third-order valence-corrected chi connectivity index (χ3v) is 6.58. The second-order valence-corrected chi connectivity index (χ2v) is 8.28. The van der Waals surface area contributed by atoms with Crippen LogP contribution in [0.3, 0.4) is 0 Å². The maximum absolute atomic E-state index is 12.9. The summed E-state index contributed by atoms with van der Waals surface area (Å²) in [7, 11) is 0. The van der Waals surface area contributed by atoms with E-state index in [4.69, 9.17) is 0 Å². The Hall–Kier alpha value is -1.70. The van der Waals surface area contributed by atoms with E-state index in [1.165, 1.54) is 15.3 Å². The Morgan fingerprint density at radius 1 is 1.27 bits per heavy atom. The molecular formula is C19H25N3O2S2. The summed E-state index contributed by atoms with van der Waals surface area (Å²) in [5, 5.41) is 7.00. The molecule has 140 valence electrons. The van der Waals surface area contributed by atoms with E-state index >= 15 is 0 Å². The number of hydrogen-bond donors (Lipinski definition) is 1. The smallest absolute Gasteiger partial charge is 0.239 e. The summed E-state index contributed by atoms with van der Waals surface area (Å²) in [6.45, 7) is 6.25. The van der Waals surface area contributed by atoms with Gasteiger partial charge in [0.2, 0.25) is 11.8 Å². The molecule has 1 aliphatic rings. The van der Waals surface area contributed by atoms with Gasteiger partial charge in [0.1, 0.15) is 0 Å². The van der Waals surface area contributed by atoms with Crippen molar-refractivity contribution in [1.29, 1.82) is 0 Å². The van der Waals surface area contributed by atoms with Crippen LogP contribution in [0.4, 0.5) is 0 Å². The van der Waals surface area contributed by atoms with Gasteiger partial charge in [-0.15, -0.1) is 22.7 Å². The first-order chi connectivity index (χ1) is 12.6. The van der Waals surface area contributed by atoms with Gasteiger partial charge in [0, 0.05) is 29.4 Å². The van der Waals surface area contributed by atoms with Crippen molar-refractivity contribution in [2.75, 3.05) is 32.7 Å². The van der Waals surface area contributed by atoms with Crippen molar-refractivity contribution in [1.82, 2.24) is 15.1 Å². The van der Waals surface area contributed by atoms with E-state index in [9.17, 15) is 9.59 Å². The highest BCUT2D eigenvalue weighted by Crippen LogP contribution is 2.39. The van der Waals surface area contributed by atoms with Crippen LogP contribution in [0.2, 0.25) is 0 Å². The topological polar surface area (TPSA) is 52.7 Å². The van der Waals surface area contributed by atoms with Gasteiger partial charge in [-0.05, 0) is 48.7 Å². The zero-order chi connectivity index (χ0) is 18.5. The first kappa shape index (κ1) is 19.1. The fraction of sp³-hybridized carbons (Fsp3) is 0.474. The Balaban J connectivity index is 1.75. The average molecular weight is 392 g/mol. The second-order valence-electron chi connectivity index (χ2n) is 6.30. The van der Waals surface area contributed by atoms with Crippen molar-refractivity contribution in [2.45, 2.75) is 26.3 Å². The van der Waals surface area contributed by atoms with E-state index in [2.05, 4.69) is 39.2 Å². The SMILES string of the molecule is CCNC(=O)CN(CC)C(=O)CN1CCc2sccc2[C@H]1c1cccs1. The summed E-state index contributed by atoms with van der Waals surface area (Å²) >= 11 is 3.53. The second kappa shape index (κ2) is 8.79. The van der Waals surface area contributed by atoms with Gasteiger partial charge in [-0.2, -0.15) is 0 Å². The Morgan fingerprint density at radius 3 is 2.81 bits per heavy atom. The summed E-state index contributed by atoms with van der Waals surface area (Å²) in [5.41, 5.74) is 1.32. The van der Waals surface area contributed by atoms with Gasteiger partial charge < -0.3 is 10.2 Å². The van der Waals surface area contributed by atoms with E-state index in [1.807, 2.05) is 13.8 Å². The lowest BCUT2D eigenvalue weighted by atomic mass is 9.98. The van der Waals surface area contributed by atoms with Crippen molar-refractivity contribution in [3.63, 3.8) is 0 Å². The number of fused-ring (bicyclic) bond motifs is 1. The van der Waals surface area contributed by atoms with Crippen LogP contribution in [0.1, 0.15) is 35.2 Å². The molecule has 1 aliphatic heterocycles. The normalized spacial score (nSPS) is 16.9. The van der Waals surface area contributed by atoms with Crippen LogP contribution < -0.4 is 5.32 Å². The summed E-state index contributed by atoms with van der Waals surface area (Å²) in [4.78, 5) is 31.3. The zero-order valence-corrected chi connectivity index (χ0v) is 16.9. The highest BCUT2D eigenvalue weighted by Gasteiger charge is 2.32. The molecule has 3 heterocycles. The zero-order valence-electron chi connectivity index (χ0n) is 15.2. The molecule has 0 aliphatic carbocycles. The minimum absolute atomic E-state index is 0.0130. The monoisotopic (exact) mass is 391 g/mol. The van der Waals surface area contributed by atoms with Crippen molar-refractivity contribution in [3.8, 4) is 0 Å². The first-order valence-corrected chi connectivity index (χ1v) is 10.8. The van der Waals surface area contributed by atoms with E-state index in [0.717, 1.165) is 13.0 Å². The predicted octanol–water partition coefficient (Wildman–Crippen LogP) is 2.74. The highest BCUT2D eigenvalue weighted by molar-refractivity contribution is 7.10. The van der Waals surface area contributed by atoms with Crippen LogP contribution in [0, 0.1) is 0 Å². The first-order valence-electron chi connectivity index (χ1n) is 9.02. The van der Waals surface area contributed by atoms with Crippen molar-refractivity contribution in [2.24, 2.45) is 0 Å². The molecule has 26 heavy (non-hydrogen) atoms. The van der Waals surface area contributed by atoms with Crippen LogP contribution in [0.5, 0.6) is 0 Å². The highest BCUT2D eigenvalue weighted by atomic mass is 32.1. The third kappa shape index (κ3) is 4.16. The van der Waals surface area contributed by atoms with Gasteiger partial charge in [0.15, 0.2) is 0 Å². The summed E-state index contributed by atoms with van der Waals surface area (Å²) in [6.07, 6.45) is 0.977. The standard InChI is InChI=1S/C19H25N3O2S2/c1-3-20-17(23)12-21(4-2)18(24)13-22-9-7-15-14(8-11-26-15)19(22)16-6-5-10-25-16/h5-6,8,10-11,19H,3-4,7,9,12-13H2,1-2H3,(H,20,23)/t19-/m0/s1. The molecule has 0 unspecified atom stereocenters. The average Bonchev–Trinajstić information content (AvgIpc) is 3.31. The molecule has 7 heteroatoms. The van der Waals surface area contributed by atoms with Crippen LogP contribution in [0.25, 0.3) is 0 Å². The number of carbonyl (C=O) groups excluding carboxylic acids is 2. The van der Waals surface area contributed by atoms with Crippen LogP contribution in [0.15, 0.2) is 29.0 Å². The van der Waals surface area contributed by atoms with E-state index in [0.29, 0.717) is 19.6 Å². The molecule has 1 atom stereocenters. The quantitative estimate of drug-likeness (QED) is 0.790. The van der Waals surface area contributed by atoms with Gasteiger partial charge in [0.25, 0.3) is 0 Å². The van der Waals surface area contributed by atoms with Gasteiger partial charge in [-0.3, -0.25) is 14.5 Å². The Morgan fingerprint density at radius 2 is 2.12 bits per heavy atom. The van der Waals surface area contributed by atoms with Gasteiger partial charge in [-0.25, -0.2) is 0 Å². The summed E-state index contributed by atoms with van der Waals surface area (Å²) < 4.78 is 0. The predicted molar refractivity (Wildman–Crippen MR) is 107 cm³/mol. The van der Waals surface area contributed by atoms with Crippen molar-refractivity contribution < 1.29 is 9.59 Å². The molecule has 3 rings (SSSR count). The van der Waals surface area contributed by atoms with Gasteiger partial charge in [0.05, 0.1) is 19.1 Å². The maximum atomic E-state index is 12.9. The largest absolute Gasteiger partial charge is 0.355 e. The molecule has 0 bridgehead atoms. The van der Waals surface area contributed by atoms with Gasteiger partial charge >= 0.3 is 0 Å². The molecule has 0 spiro atoms. The fourth-order valence-corrected chi connectivity index (χ4v) is 5.18. The molecule has 0 fully saturated rings. The lowest BCUT2D eigenvalue weighted by Gasteiger charge is -2.36. The Labute approximate surface area is 162 Å². The van der Waals surface area contributed by atoms with E-state index in [1.54, 1.807) is 27.6 Å². The minimum atomic E-state index is -0.101. The lowest BCUT2D eigenvalue weighted by Crippen LogP contribution is -2.47. The Bertz CT molecular complexity index is 742. The molecule has 0 radical (unpaired) electrons. The molecule has 5 nitrogen and oxygen atoms in total.